The van der Waals surface area contributed by atoms with Gasteiger partial charge in [-0.15, -0.1) is 12.4 Å². The molecule has 92 valence electrons. The van der Waals surface area contributed by atoms with Crippen LogP contribution in [0.2, 0.25) is 0 Å². The molecule has 0 unspecified atom stereocenters. The van der Waals surface area contributed by atoms with Gasteiger partial charge in [-0.05, 0) is 26.0 Å². The molecule has 1 aliphatic rings. The van der Waals surface area contributed by atoms with Gasteiger partial charge in [0, 0.05) is 38.9 Å². The molecule has 1 fully saturated rings. The normalized spacial score (nSPS) is 18.4. The van der Waals surface area contributed by atoms with Crippen LogP contribution in [0, 0.1) is 0 Å². The van der Waals surface area contributed by atoms with E-state index in [-0.39, 0.29) is 12.4 Å². The molecule has 2 heterocycles. The van der Waals surface area contributed by atoms with Gasteiger partial charge >= 0.3 is 0 Å². The first-order valence-corrected chi connectivity index (χ1v) is 5.66. The molecule has 0 atom stereocenters. The highest BCUT2D eigenvalue weighted by Crippen LogP contribution is 2.12. The number of likely N-dealkylation sites (tertiary alicyclic amines) is 1. The van der Waals surface area contributed by atoms with E-state index in [2.05, 4.69) is 28.4 Å². The summed E-state index contributed by atoms with van der Waals surface area (Å²) in [6.45, 7) is 3.42. The lowest BCUT2D eigenvalue weighted by atomic mass is 10.1. The Morgan fingerprint density at radius 3 is 2.62 bits per heavy atom. The molecule has 0 saturated carbocycles. The molecule has 2 rings (SSSR count). The number of rotatable bonds is 3. The molecule has 5 heteroatoms. The van der Waals surface area contributed by atoms with E-state index in [0.717, 1.165) is 6.54 Å². The first kappa shape index (κ1) is 13.5. The second kappa shape index (κ2) is 6.23. The monoisotopic (exact) mass is 244 g/mol. The number of hydrogen-bond acceptors (Lipinski definition) is 3. The number of nitrogens with one attached hydrogen (secondary N) is 1. The Labute approximate surface area is 103 Å². The fourth-order valence-electron chi connectivity index (χ4n) is 2.17. The SMILES string of the molecule is CNC1CCN(Cc2ccnn2C)CC1.Cl. The van der Waals surface area contributed by atoms with Gasteiger partial charge in [0.05, 0.1) is 5.69 Å². The molecule has 0 amide bonds. The zero-order valence-corrected chi connectivity index (χ0v) is 10.8. The van der Waals surface area contributed by atoms with Crippen LogP contribution < -0.4 is 5.32 Å². The van der Waals surface area contributed by atoms with Gasteiger partial charge in [0.1, 0.15) is 0 Å². The highest BCUT2D eigenvalue weighted by atomic mass is 35.5. The maximum atomic E-state index is 4.19. The lowest BCUT2D eigenvalue weighted by Crippen LogP contribution is -2.40. The van der Waals surface area contributed by atoms with E-state index in [1.807, 2.05) is 17.9 Å². The highest BCUT2D eigenvalue weighted by Gasteiger charge is 2.18. The van der Waals surface area contributed by atoms with Crippen molar-refractivity contribution < 1.29 is 0 Å². The Kier molecular flexibility index (Phi) is 5.25. The van der Waals surface area contributed by atoms with Crippen LogP contribution in [0.1, 0.15) is 18.5 Å². The van der Waals surface area contributed by atoms with Crippen LogP contribution in [-0.2, 0) is 13.6 Å². The third-order valence-electron chi connectivity index (χ3n) is 3.30. The number of aryl methyl sites for hydroxylation is 1. The van der Waals surface area contributed by atoms with Crippen LogP contribution in [0.4, 0.5) is 0 Å². The summed E-state index contributed by atoms with van der Waals surface area (Å²) < 4.78 is 1.96. The third kappa shape index (κ3) is 3.20. The summed E-state index contributed by atoms with van der Waals surface area (Å²) in [6.07, 6.45) is 4.39. The predicted molar refractivity (Wildman–Crippen MR) is 67.8 cm³/mol. The van der Waals surface area contributed by atoms with Gasteiger partial charge in [-0.1, -0.05) is 0 Å². The average Bonchev–Trinajstić information content (AvgIpc) is 2.66. The molecule has 1 aromatic rings. The number of hydrogen-bond donors (Lipinski definition) is 1. The van der Waals surface area contributed by atoms with Crippen molar-refractivity contribution >= 4 is 12.4 Å². The van der Waals surface area contributed by atoms with Crippen molar-refractivity contribution in [2.75, 3.05) is 20.1 Å². The summed E-state index contributed by atoms with van der Waals surface area (Å²) in [5.74, 6) is 0. The molecule has 0 aliphatic carbocycles. The van der Waals surface area contributed by atoms with Crippen molar-refractivity contribution in [2.24, 2.45) is 7.05 Å². The predicted octanol–water partition coefficient (Wildman–Crippen LogP) is 1.03. The van der Waals surface area contributed by atoms with Gasteiger partial charge in [-0.3, -0.25) is 9.58 Å². The van der Waals surface area contributed by atoms with Gasteiger partial charge in [0.15, 0.2) is 0 Å². The minimum absolute atomic E-state index is 0. The zero-order chi connectivity index (χ0) is 10.7. The molecule has 1 saturated heterocycles. The maximum absolute atomic E-state index is 4.19. The molecule has 1 aromatic heterocycles. The van der Waals surface area contributed by atoms with E-state index in [4.69, 9.17) is 0 Å². The summed E-state index contributed by atoms with van der Waals surface area (Å²) in [7, 11) is 4.07. The Bertz CT molecular complexity index is 305. The Morgan fingerprint density at radius 1 is 1.44 bits per heavy atom. The summed E-state index contributed by atoms with van der Waals surface area (Å²) in [6, 6.07) is 2.82. The van der Waals surface area contributed by atoms with E-state index >= 15 is 0 Å². The molecule has 0 spiro atoms. The molecule has 1 N–H and O–H groups in total. The summed E-state index contributed by atoms with van der Waals surface area (Å²) >= 11 is 0. The number of piperidine rings is 1. The zero-order valence-electron chi connectivity index (χ0n) is 10.0. The van der Waals surface area contributed by atoms with Crippen molar-refractivity contribution in [3.63, 3.8) is 0 Å². The van der Waals surface area contributed by atoms with Crippen molar-refractivity contribution in [3.05, 3.63) is 18.0 Å². The quantitative estimate of drug-likeness (QED) is 0.862. The minimum atomic E-state index is 0. The highest BCUT2D eigenvalue weighted by molar-refractivity contribution is 5.85. The third-order valence-corrected chi connectivity index (χ3v) is 3.30. The van der Waals surface area contributed by atoms with E-state index in [0.29, 0.717) is 6.04 Å². The van der Waals surface area contributed by atoms with E-state index in [1.54, 1.807) is 0 Å². The number of nitrogens with zero attached hydrogens (tertiary/aromatic N) is 3. The van der Waals surface area contributed by atoms with Crippen LogP contribution in [0.15, 0.2) is 12.3 Å². The first-order valence-electron chi connectivity index (χ1n) is 5.66. The van der Waals surface area contributed by atoms with Gasteiger partial charge < -0.3 is 5.32 Å². The van der Waals surface area contributed by atoms with Gasteiger partial charge in [0.25, 0.3) is 0 Å². The molecule has 0 aromatic carbocycles. The Hall–Kier alpha value is -0.580. The average molecular weight is 245 g/mol. The first-order chi connectivity index (χ1) is 7.29. The van der Waals surface area contributed by atoms with Crippen LogP contribution in [0.3, 0.4) is 0 Å². The lowest BCUT2D eigenvalue weighted by molar-refractivity contribution is 0.190. The molecule has 1 aliphatic heterocycles. The lowest BCUT2D eigenvalue weighted by Gasteiger charge is -2.31. The van der Waals surface area contributed by atoms with Gasteiger partial charge in [0.2, 0.25) is 0 Å². The Balaban J connectivity index is 0.00000128. The topological polar surface area (TPSA) is 33.1 Å². The van der Waals surface area contributed by atoms with Crippen molar-refractivity contribution in [2.45, 2.75) is 25.4 Å². The summed E-state index contributed by atoms with van der Waals surface area (Å²) in [4.78, 5) is 2.50. The largest absolute Gasteiger partial charge is 0.317 e. The van der Waals surface area contributed by atoms with Crippen LogP contribution >= 0.6 is 12.4 Å². The van der Waals surface area contributed by atoms with E-state index < -0.39 is 0 Å². The fraction of sp³-hybridized carbons (Fsp3) is 0.727. The standard InChI is InChI=1S/C11H20N4.ClH/c1-12-10-4-7-15(8-5-10)9-11-3-6-13-14(11)2;/h3,6,10,12H,4-5,7-9H2,1-2H3;1H. The minimum Gasteiger partial charge on any atom is -0.317 e. The number of halogens is 1. The van der Waals surface area contributed by atoms with Crippen molar-refractivity contribution in [1.82, 2.24) is 20.0 Å². The van der Waals surface area contributed by atoms with Crippen molar-refractivity contribution in [3.8, 4) is 0 Å². The molecule has 0 radical (unpaired) electrons. The summed E-state index contributed by atoms with van der Waals surface area (Å²) in [5.41, 5.74) is 1.30. The number of aromatic nitrogens is 2. The second-order valence-electron chi connectivity index (χ2n) is 4.29. The van der Waals surface area contributed by atoms with Crippen LogP contribution in [0.5, 0.6) is 0 Å². The smallest absolute Gasteiger partial charge is 0.0521 e. The Morgan fingerprint density at radius 2 is 2.12 bits per heavy atom. The van der Waals surface area contributed by atoms with E-state index in [9.17, 15) is 0 Å². The van der Waals surface area contributed by atoms with Crippen LogP contribution in [-0.4, -0.2) is 40.9 Å². The van der Waals surface area contributed by atoms with Crippen LogP contribution in [0.25, 0.3) is 0 Å². The molecule has 0 bridgehead atoms. The second-order valence-corrected chi connectivity index (χ2v) is 4.29. The van der Waals surface area contributed by atoms with E-state index in [1.165, 1.54) is 31.6 Å². The molecule has 4 nitrogen and oxygen atoms in total. The molecule has 16 heavy (non-hydrogen) atoms. The van der Waals surface area contributed by atoms with Gasteiger partial charge in [-0.2, -0.15) is 5.10 Å². The van der Waals surface area contributed by atoms with Crippen molar-refractivity contribution in [1.29, 1.82) is 0 Å². The fourth-order valence-corrected chi connectivity index (χ4v) is 2.17. The molecular formula is C11H21ClN4. The summed E-state index contributed by atoms with van der Waals surface area (Å²) in [5, 5.41) is 7.54. The maximum Gasteiger partial charge on any atom is 0.0521 e. The van der Waals surface area contributed by atoms with Gasteiger partial charge in [-0.25, -0.2) is 0 Å². The molecular weight excluding hydrogens is 224 g/mol.